The summed E-state index contributed by atoms with van der Waals surface area (Å²) in [6.07, 6.45) is 0.591. The van der Waals surface area contributed by atoms with E-state index in [-0.39, 0.29) is 12.0 Å². The predicted molar refractivity (Wildman–Crippen MR) is 88.3 cm³/mol. The lowest BCUT2D eigenvalue weighted by Crippen LogP contribution is -2.42. The molecule has 4 heteroatoms. The SMILES string of the molecule is COC(=O)C1Cc2c(ccc(C)c2OCc2ccccc2)CN1. The molecule has 0 fully saturated rings. The van der Waals surface area contributed by atoms with Crippen molar-refractivity contribution in [2.24, 2.45) is 0 Å². The summed E-state index contributed by atoms with van der Waals surface area (Å²) in [5.74, 6) is 0.660. The summed E-state index contributed by atoms with van der Waals surface area (Å²) in [6.45, 7) is 3.21. The van der Waals surface area contributed by atoms with Crippen molar-refractivity contribution in [2.75, 3.05) is 7.11 Å². The van der Waals surface area contributed by atoms with E-state index in [1.807, 2.05) is 37.3 Å². The number of nitrogens with one attached hydrogen (secondary N) is 1. The van der Waals surface area contributed by atoms with Gasteiger partial charge in [-0.1, -0.05) is 42.5 Å². The Morgan fingerprint density at radius 1 is 1.22 bits per heavy atom. The lowest BCUT2D eigenvalue weighted by Gasteiger charge is -2.27. The molecule has 0 aliphatic carbocycles. The van der Waals surface area contributed by atoms with Crippen molar-refractivity contribution >= 4 is 5.97 Å². The molecule has 4 nitrogen and oxygen atoms in total. The summed E-state index contributed by atoms with van der Waals surface area (Å²) in [7, 11) is 1.42. The van der Waals surface area contributed by atoms with E-state index in [0.717, 1.165) is 22.4 Å². The van der Waals surface area contributed by atoms with E-state index in [2.05, 4.69) is 17.4 Å². The number of fused-ring (bicyclic) bond motifs is 1. The number of aryl methyl sites for hydroxylation is 1. The minimum Gasteiger partial charge on any atom is -0.488 e. The van der Waals surface area contributed by atoms with E-state index in [1.165, 1.54) is 12.7 Å². The number of hydrogen-bond acceptors (Lipinski definition) is 4. The number of methoxy groups -OCH3 is 1. The zero-order valence-electron chi connectivity index (χ0n) is 13.5. The highest BCUT2D eigenvalue weighted by Gasteiger charge is 2.27. The highest BCUT2D eigenvalue weighted by Crippen LogP contribution is 2.31. The molecule has 1 aliphatic rings. The minimum absolute atomic E-state index is 0.230. The van der Waals surface area contributed by atoms with Crippen molar-refractivity contribution < 1.29 is 14.3 Å². The summed E-state index contributed by atoms with van der Waals surface area (Å²) in [5.41, 5.74) is 4.50. The number of carbonyl (C=O) groups is 1. The molecule has 0 amide bonds. The fourth-order valence-corrected chi connectivity index (χ4v) is 2.92. The second-order valence-electron chi connectivity index (χ2n) is 5.78. The number of benzene rings is 2. The zero-order chi connectivity index (χ0) is 16.2. The molecule has 0 spiro atoms. The lowest BCUT2D eigenvalue weighted by atomic mass is 9.93. The van der Waals surface area contributed by atoms with Gasteiger partial charge >= 0.3 is 5.97 Å². The third-order valence-electron chi connectivity index (χ3n) is 4.21. The van der Waals surface area contributed by atoms with Crippen LogP contribution in [0.2, 0.25) is 0 Å². The van der Waals surface area contributed by atoms with E-state index in [9.17, 15) is 4.79 Å². The van der Waals surface area contributed by atoms with Gasteiger partial charge in [0.15, 0.2) is 0 Å². The summed E-state index contributed by atoms with van der Waals surface area (Å²) in [4.78, 5) is 11.8. The van der Waals surface area contributed by atoms with E-state index in [4.69, 9.17) is 9.47 Å². The van der Waals surface area contributed by atoms with Crippen molar-refractivity contribution in [3.63, 3.8) is 0 Å². The van der Waals surface area contributed by atoms with Crippen molar-refractivity contribution in [2.45, 2.75) is 32.5 Å². The molecule has 3 rings (SSSR count). The molecular formula is C19H21NO3. The van der Waals surface area contributed by atoms with Crippen molar-refractivity contribution in [3.8, 4) is 5.75 Å². The number of carbonyl (C=O) groups excluding carboxylic acids is 1. The standard InChI is InChI=1S/C19H21NO3/c1-13-8-9-15-11-20-17(19(21)22-2)10-16(15)18(13)23-12-14-6-4-3-5-7-14/h3-9,17,20H,10-12H2,1-2H3. The highest BCUT2D eigenvalue weighted by molar-refractivity contribution is 5.77. The van der Waals surface area contributed by atoms with Gasteiger partial charge in [0.1, 0.15) is 18.4 Å². The summed E-state index contributed by atoms with van der Waals surface area (Å²) < 4.78 is 11.0. The van der Waals surface area contributed by atoms with Crippen LogP contribution in [0.25, 0.3) is 0 Å². The third-order valence-corrected chi connectivity index (χ3v) is 4.21. The molecule has 1 heterocycles. The Kier molecular flexibility index (Phi) is 4.63. The molecule has 120 valence electrons. The first-order chi connectivity index (χ1) is 11.2. The van der Waals surface area contributed by atoms with Crippen LogP contribution in [-0.2, 0) is 29.1 Å². The third kappa shape index (κ3) is 3.37. The molecule has 2 aromatic carbocycles. The molecule has 0 bridgehead atoms. The maximum absolute atomic E-state index is 11.8. The van der Waals surface area contributed by atoms with Crippen molar-refractivity contribution in [3.05, 3.63) is 64.7 Å². The molecule has 0 saturated heterocycles. The van der Waals surface area contributed by atoms with Gasteiger partial charge in [-0.25, -0.2) is 0 Å². The molecule has 1 unspecified atom stereocenters. The van der Waals surface area contributed by atoms with Crippen LogP contribution in [0, 0.1) is 6.92 Å². The molecule has 23 heavy (non-hydrogen) atoms. The van der Waals surface area contributed by atoms with E-state index in [1.54, 1.807) is 0 Å². The Labute approximate surface area is 136 Å². The van der Waals surface area contributed by atoms with Crippen LogP contribution in [0.3, 0.4) is 0 Å². The second-order valence-corrected chi connectivity index (χ2v) is 5.78. The van der Waals surface area contributed by atoms with Crippen molar-refractivity contribution in [1.29, 1.82) is 0 Å². The van der Waals surface area contributed by atoms with Gasteiger partial charge in [-0.2, -0.15) is 0 Å². The number of rotatable bonds is 4. The van der Waals surface area contributed by atoms with Gasteiger partial charge < -0.3 is 14.8 Å². The molecule has 0 aromatic heterocycles. The fraction of sp³-hybridized carbons (Fsp3) is 0.316. The Bertz CT molecular complexity index is 697. The second kappa shape index (κ2) is 6.84. The van der Waals surface area contributed by atoms with Crippen LogP contribution >= 0.6 is 0 Å². The first-order valence-corrected chi connectivity index (χ1v) is 7.78. The van der Waals surface area contributed by atoms with Crippen LogP contribution in [0.4, 0.5) is 0 Å². The van der Waals surface area contributed by atoms with E-state index >= 15 is 0 Å². The van der Waals surface area contributed by atoms with Gasteiger partial charge in [0.05, 0.1) is 7.11 Å². The average molecular weight is 311 g/mol. The van der Waals surface area contributed by atoms with Gasteiger partial charge in [-0.15, -0.1) is 0 Å². The first kappa shape index (κ1) is 15.6. The van der Waals surface area contributed by atoms with Gasteiger partial charge in [-0.05, 0) is 23.6 Å². The smallest absolute Gasteiger partial charge is 0.323 e. The van der Waals surface area contributed by atoms with Gasteiger partial charge in [0.2, 0.25) is 0 Å². The Hall–Kier alpha value is -2.33. The number of esters is 1. The topological polar surface area (TPSA) is 47.6 Å². The molecular weight excluding hydrogens is 290 g/mol. The minimum atomic E-state index is -0.312. The van der Waals surface area contributed by atoms with Gasteiger partial charge in [0.25, 0.3) is 0 Å². The van der Waals surface area contributed by atoms with Crippen LogP contribution in [0.5, 0.6) is 5.75 Å². The van der Waals surface area contributed by atoms with Crippen LogP contribution in [-0.4, -0.2) is 19.1 Å². The zero-order valence-corrected chi connectivity index (χ0v) is 13.5. The van der Waals surface area contributed by atoms with Crippen molar-refractivity contribution in [1.82, 2.24) is 5.32 Å². The van der Waals surface area contributed by atoms with Crippen LogP contribution in [0.15, 0.2) is 42.5 Å². The largest absolute Gasteiger partial charge is 0.488 e. The Morgan fingerprint density at radius 2 is 2.00 bits per heavy atom. The maximum Gasteiger partial charge on any atom is 0.323 e. The lowest BCUT2D eigenvalue weighted by molar-refractivity contribution is -0.143. The Morgan fingerprint density at radius 3 is 2.74 bits per heavy atom. The maximum atomic E-state index is 11.8. The summed E-state index contributed by atoms with van der Waals surface area (Å²) in [6, 6.07) is 13.9. The van der Waals surface area contributed by atoms with Gasteiger partial charge in [-0.3, -0.25) is 4.79 Å². The van der Waals surface area contributed by atoms with E-state index < -0.39 is 0 Å². The Balaban J connectivity index is 1.84. The summed E-state index contributed by atoms with van der Waals surface area (Å²) >= 11 is 0. The number of ether oxygens (including phenoxy) is 2. The average Bonchev–Trinajstić information content (AvgIpc) is 2.60. The predicted octanol–water partition coefficient (Wildman–Crippen LogP) is 2.76. The van der Waals surface area contributed by atoms with E-state index in [0.29, 0.717) is 19.6 Å². The molecule has 1 aliphatic heterocycles. The molecule has 1 N–H and O–H groups in total. The monoisotopic (exact) mass is 311 g/mol. The number of hydrogen-bond donors (Lipinski definition) is 1. The van der Waals surface area contributed by atoms with Gasteiger partial charge in [0, 0.05) is 18.5 Å². The highest BCUT2D eigenvalue weighted by atomic mass is 16.5. The van der Waals surface area contributed by atoms with Crippen LogP contribution < -0.4 is 10.1 Å². The first-order valence-electron chi connectivity index (χ1n) is 7.78. The normalized spacial score (nSPS) is 16.5. The summed E-state index contributed by atoms with van der Waals surface area (Å²) in [5, 5.41) is 3.22. The quantitative estimate of drug-likeness (QED) is 0.882. The molecule has 0 saturated carbocycles. The molecule has 0 radical (unpaired) electrons. The molecule has 1 atom stereocenters. The fourth-order valence-electron chi connectivity index (χ4n) is 2.92. The molecule has 2 aromatic rings. The van der Waals surface area contributed by atoms with Crippen LogP contribution in [0.1, 0.15) is 22.3 Å².